The zero-order valence-corrected chi connectivity index (χ0v) is 21.2. The molecule has 0 atom stereocenters. The molecule has 0 saturated heterocycles. The Kier molecular flexibility index (Phi) is 8.87. The molecule has 0 heterocycles. The molecule has 0 unspecified atom stereocenters. The molecule has 0 aliphatic heterocycles. The number of ketones is 2. The fraction of sp³-hybridized carbons (Fsp3) is 0.0345. The smallest absolute Gasteiger partial charge is 0.312 e. The number of benzene rings is 4. The minimum Gasteiger partial charge on any atom is -0.312 e. The molecule has 0 aliphatic rings. The molecular weight excluding hydrogens is 505 g/mol. The molecule has 0 spiro atoms. The maximum Gasteiger partial charge on any atom is 0.365 e. The van der Waals surface area contributed by atoms with Gasteiger partial charge in [-0.1, -0.05) is 65.4 Å². The second-order valence-electron chi connectivity index (χ2n) is 7.75. The van der Waals surface area contributed by atoms with E-state index in [1.807, 2.05) is 30.3 Å². The van der Waals surface area contributed by atoms with Gasteiger partial charge in [0.2, 0.25) is 5.78 Å². The minimum atomic E-state index is -0.711. The van der Waals surface area contributed by atoms with Crippen molar-refractivity contribution in [3.05, 3.63) is 131 Å². The summed E-state index contributed by atoms with van der Waals surface area (Å²) in [6.45, 7) is 0. The average Bonchev–Trinajstić information content (AvgIpc) is 2.96. The minimum absolute atomic E-state index is 0.0376. The van der Waals surface area contributed by atoms with E-state index in [0.717, 1.165) is 9.79 Å². The van der Waals surface area contributed by atoms with Gasteiger partial charge in [-0.3, -0.25) is 14.2 Å². The topological polar surface area (TPSA) is 89.9 Å². The van der Waals surface area contributed by atoms with Crippen molar-refractivity contribution in [1.29, 1.82) is 0 Å². The van der Waals surface area contributed by atoms with E-state index in [-0.39, 0.29) is 31.7 Å². The Morgan fingerprint density at radius 3 is 1.68 bits per heavy atom. The van der Waals surface area contributed by atoms with Crippen LogP contribution in [0.1, 0.15) is 36.6 Å². The quantitative estimate of drug-likeness (QED) is 0.0748. The van der Waals surface area contributed by atoms with Crippen LogP contribution in [0.2, 0.25) is 0 Å². The summed E-state index contributed by atoms with van der Waals surface area (Å²) >= 11 is 1.48. The zero-order chi connectivity index (χ0) is 26.0. The first-order chi connectivity index (χ1) is 18.0. The Bertz CT molecular complexity index is 1440. The SMILES string of the molecule is O=PC/C(=N\OC(=O)c1ccccc1)C(=O)c1ccc(Sc2ccc(C(=O)c3ccccc3)cc2)cc1. The fourth-order valence-electron chi connectivity index (χ4n) is 3.33. The van der Waals surface area contributed by atoms with Crippen LogP contribution in [0.5, 0.6) is 0 Å². The summed E-state index contributed by atoms with van der Waals surface area (Å²) in [5, 5.41) is 3.68. The van der Waals surface area contributed by atoms with Crippen molar-refractivity contribution in [1.82, 2.24) is 0 Å². The van der Waals surface area contributed by atoms with Crippen molar-refractivity contribution in [3.8, 4) is 0 Å². The number of carbonyl (C=O) groups excluding carboxylic acids is 3. The maximum atomic E-state index is 12.9. The normalized spacial score (nSPS) is 11.2. The van der Waals surface area contributed by atoms with E-state index < -0.39 is 11.8 Å². The third-order valence-electron chi connectivity index (χ3n) is 5.23. The largest absolute Gasteiger partial charge is 0.365 e. The van der Waals surface area contributed by atoms with E-state index in [1.165, 1.54) is 11.8 Å². The van der Waals surface area contributed by atoms with E-state index >= 15 is 0 Å². The molecule has 0 amide bonds. The molecule has 0 aromatic heterocycles. The van der Waals surface area contributed by atoms with Gasteiger partial charge >= 0.3 is 5.97 Å². The van der Waals surface area contributed by atoms with Crippen LogP contribution in [0.3, 0.4) is 0 Å². The molecule has 8 heteroatoms. The lowest BCUT2D eigenvalue weighted by Gasteiger charge is -2.06. The molecule has 4 aromatic carbocycles. The van der Waals surface area contributed by atoms with Crippen molar-refractivity contribution >= 4 is 43.5 Å². The van der Waals surface area contributed by atoms with Gasteiger partial charge in [-0.25, -0.2) is 4.79 Å². The molecule has 4 aromatic rings. The van der Waals surface area contributed by atoms with Gasteiger partial charge in [-0.15, -0.1) is 0 Å². The first-order valence-electron chi connectivity index (χ1n) is 11.2. The second kappa shape index (κ2) is 12.7. The van der Waals surface area contributed by atoms with Crippen molar-refractivity contribution in [3.63, 3.8) is 0 Å². The molecule has 0 saturated carbocycles. The number of carbonyl (C=O) groups is 3. The lowest BCUT2D eigenvalue weighted by molar-refractivity contribution is 0.0515. The van der Waals surface area contributed by atoms with Gasteiger partial charge in [0.25, 0.3) is 0 Å². The van der Waals surface area contributed by atoms with Crippen LogP contribution in [0.15, 0.2) is 124 Å². The highest BCUT2D eigenvalue weighted by Crippen LogP contribution is 2.28. The lowest BCUT2D eigenvalue weighted by atomic mass is 10.0. The highest BCUT2D eigenvalue weighted by molar-refractivity contribution is 7.99. The molecule has 0 fully saturated rings. The molecular formula is C29H20NO5PS. The standard InChI is InChI=1S/C29H20NO5PS/c31-27(20-7-3-1-4-8-20)21-11-15-24(16-12-21)37-25-17-13-22(14-18-25)28(32)26(19-36-34)30-35-29(33)23-9-5-2-6-10-23/h1-18H,19H2/b30-26+. The van der Waals surface area contributed by atoms with Crippen molar-refractivity contribution in [2.24, 2.45) is 5.16 Å². The fourth-order valence-corrected chi connectivity index (χ4v) is 4.47. The Morgan fingerprint density at radius 2 is 1.14 bits per heavy atom. The number of hydrogen-bond acceptors (Lipinski definition) is 7. The number of rotatable bonds is 10. The Hall–Kier alpha value is -4.19. The number of Topliss-reactive ketones (excluding diaryl/α,β-unsaturated/α-hetero) is 1. The maximum absolute atomic E-state index is 12.9. The number of oxime groups is 1. The van der Waals surface area contributed by atoms with Crippen molar-refractivity contribution < 1.29 is 23.8 Å². The molecule has 37 heavy (non-hydrogen) atoms. The lowest BCUT2D eigenvalue weighted by Crippen LogP contribution is -2.17. The molecule has 6 nitrogen and oxygen atoms in total. The van der Waals surface area contributed by atoms with Gasteiger partial charge in [0, 0.05) is 26.5 Å². The summed E-state index contributed by atoms with van der Waals surface area (Å²) in [5.74, 6) is -1.23. The van der Waals surface area contributed by atoms with Crippen LogP contribution in [-0.4, -0.2) is 29.4 Å². The van der Waals surface area contributed by atoms with Gasteiger partial charge in [-0.2, -0.15) is 0 Å². The molecule has 0 aliphatic carbocycles. The Labute approximate surface area is 219 Å². The molecule has 4 rings (SSSR count). The van der Waals surface area contributed by atoms with Gasteiger partial charge in [0.1, 0.15) is 5.71 Å². The monoisotopic (exact) mass is 525 g/mol. The summed E-state index contributed by atoms with van der Waals surface area (Å²) in [6.07, 6.45) is -0.189. The summed E-state index contributed by atoms with van der Waals surface area (Å²) in [6, 6.07) is 31.5. The van der Waals surface area contributed by atoms with E-state index in [0.29, 0.717) is 16.7 Å². The third kappa shape index (κ3) is 6.94. The van der Waals surface area contributed by atoms with E-state index in [9.17, 15) is 18.9 Å². The van der Waals surface area contributed by atoms with Crippen molar-refractivity contribution in [2.45, 2.75) is 9.79 Å². The van der Waals surface area contributed by atoms with Crippen LogP contribution < -0.4 is 0 Å². The predicted molar refractivity (Wildman–Crippen MR) is 143 cm³/mol. The van der Waals surface area contributed by atoms with Crippen molar-refractivity contribution in [2.75, 3.05) is 6.16 Å². The van der Waals surface area contributed by atoms with Gasteiger partial charge in [-0.05, 0) is 60.7 Å². The number of nitrogens with zero attached hydrogens (tertiary/aromatic N) is 1. The molecule has 182 valence electrons. The zero-order valence-electron chi connectivity index (χ0n) is 19.4. The van der Waals surface area contributed by atoms with Crippen LogP contribution in [0.25, 0.3) is 0 Å². The molecule has 0 radical (unpaired) electrons. The van der Waals surface area contributed by atoms with E-state index in [1.54, 1.807) is 78.9 Å². The van der Waals surface area contributed by atoms with E-state index in [2.05, 4.69) is 5.16 Å². The summed E-state index contributed by atoms with van der Waals surface area (Å²) < 4.78 is 11.2. The average molecular weight is 526 g/mol. The highest BCUT2D eigenvalue weighted by atomic mass is 32.2. The summed E-state index contributed by atoms with van der Waals surface area (Å²) in [7, 11) is -0.322. The summed E-state index contributed by atoms with van der Waals surface area (Å²) in [5.41, 5.74) is 1.73. The van der Waals surface area contributed by atoms with Crippen LogP contribution >= 0.6 is 20.2 Å². The number of hydrogen-bond donors (Lipinski definition) is 0. The highest BCUT2D eigenvalue weighted by Gasteiger charge is 2.17. The first-order valence-corrected chi connectivity index (χ1v) is 13.0. The van der Waals surface area contributed by atoms with E-state index in [4.69, 9.17) is 4.84 Å². The van der Waals surface area contributed by atoms with Crippen LogP contribution in [0, 0.1) is 0 Å². The predicted octanol–water partition coefficient (Wildman–Crippen LogP) is 6.76. The van der Waals surface area contributed by atoms with Crippen LogP contribution in [-0.2, 0) is 9.40 Å². The molecule has 0 bridgehead atoms. The second-order valence-corrected chi connectivity index (χ2v) is 9.47. The summed E-state index contributed by atoms with van der Waals surface area (Å²) in [4.78, 5) is 44.3. The van der Waals surface area contributed by atoms with Crippen LogP contribution in [0.4, 0.5) is 0 Å². The Balaban J connectivity index is 1.41. The first kappa shape index (κ1) is 25.9. The van der Waals surface area contributed by atoms with Gasteiger partial charge in [0.15, 0.2) is 14.2 Å². The Morgan fingerprint density at radius 1 is 0.649 bits per heavy atom. The third-order valence-corrected chi connectivity index (χ3v) is 6.67. The van der Waals surface area contributed by atoms with Gasteiger partial charge < -0.3 is 4.84 Å². The van der Waals surface area contributed by atoms with Gasteiger partial charge in [0.05, 0.1) is 11.7 Å². The molecule has 0 N–H and O–H groups in total.